The summed E-state index contributed by atoms with van der Waals surface area (Å²) in [6, 6.07) is 12.9. The number of amides is 1. The van der Waals surface area contributed by atoms with Gasteiger partial charge in [0.1, 0.15) is 5.65 Å². The molecule has 123 valence electrons. The minimum Gasteiger partial charge on any atom is -0.346 e. The maximum absolute atomic E-state index is 12.6. The highest BCUT2D eigenvalue weighted by Crippen LogP contribution is 2.23. The van der Waals surface area contributed by atoms with Crippen molar-refractivity contribution >= 4 is 29.3 Å². The third-order valence-corrected chi connectivity index (χ3v) is 4.17. The number of carbonyl (C=O) groups is 1. The smallest absolute Gasteiger partial charge is 0.253 e. The molecule has 4 rings (SSSR count). The fraction of sp³-hybridized carbons (Fsp3) is 0.222. The summed E-state index contributed by atoms with van der Waals surface area (Å²) in [5.41, 5.74) is 3.53. The number of aromatic nitrogens is 2. The number of halogens is 1. The zero-order chi connectivity index (χ0) is 15.6. The van der Waals surface area contributed by atoms with Gasteiger partial charge in [-0.1, -0.05) is 12.1 Å². The third-order valence-electron chi connectivity index (χ3n) is 4.17. The monoisotopic (exact) mass is 341 g/mol. The molecule has 0 spiro atoms. The van der Waals surface area contributed by atoms with E-state index in [-0.39, 0.29) is 18.3 Å². The van der Waals surface area contributed by atoms with Crippen molar-refractivity contribution in [2.75, 3.05) is 26.2 Å². The van der Waals surface area contributed by atoms with E-state index in [1.54, 1.807) is 6.20 Å². The molecule has 0 bridgehead atoms. The fourth-order valence-electron chi connectivity index (χ4n) is 2.91. The summed E-state index contributed by atoms with van der Waals surface area (Å²) in [5, 5.41) is 4.21. The molecule has 6 heteroatoms. The highest BCUT2D eigenvalue weighted by atomic mass is 35.5. The van der Waals surface area contributed by atoms with E-state index in [0.717, 1.165) is 53.9 Å². The number of fused-ring (bicyclic) bond motifs is 1. The Morgan fingerprint density at radius 1 is 1.17 bits per heavy atom. The first-order chi connectivity index (χ1) is 11.3. The summed E-state index contributed by atoms with van der Waals surface area (Å²) in [6.45, 7) is 3.23. The second-order valence-electron chi connectivity index (χ2n) is 5.68. The number of hydrogen-bond acceptors (Lipinski definition) is 3. The maximum atomic E-state index is 12.6. The average molecular weight is 342 g/mol. The number of aromatic amines is 1. The van der Waals surface area contributed by atoms with E-state index >= 15 is 0 Å². The second-order valence-corrected chi connectivity index (χ2v) is 5.68. The number of rotatable bonds is 2. The van der Waals surface area contributed by atoms with E-state index in [2.05, 4.69) is 21.4 Å². The van der Waals surface area contributed by atoms with E-state index in [9.17, 15) is 4.79 Å². The lowest BCUT2D eigenvalue weighted by molar-refractivity contribution is 0.0736. The average Bonchev–Trinajstić information content (AvgIpc) is 3.09. The van der Waals surface area contributed by atoms with Crippen molar-refractivity contribution < 1.29 is 4.79 Å². The van der Waals surface area contributed by atoms with Gasteiger partial charge in [-0.25, -0.2) is 4.98 Å². The van der Waals surface area contributed by atoms with Gasteiger partial charge in [0, 0.05) is 61.2 Å². The van der Waals surface area contributed by atoms with Crippen LogP contribution in [0.4, 0.5) is 0 Å². The van der Waals surface area contributed by atoms with E-state index in [1.165, 1.54) is 0 Å². The van der Waals surface area contributed by atoms with Crippen LogP contribution in [0.5, 0.6) is 0 Å². The van der Waals surface area contributed by atoms with E-state index in [0.29, 0.717) is 0 Å². The molecule has 0 atom stereocenters. The van der Waals surface area contributed by atoms with Crippen LogP contribution in [0.3, 0.4) is 0 Å². The summed E-state index contributed by atoms with van der Waals surface area (Å²) < 4.78 is 0. The molecule has 1 amide bonds. The van der Waals surface area contributed by atoms with E-state index in [4.69, 9.17) is 0 Å². The fourth-order valence-corrected chi connectivity index (χ4v) is 2.91. The minimum absolute atomic E-state index is 0. The van der Waals surface area contributed by atoms with Crippen molar-refractivity contribution in [3.63, 3.8) is 0 Å². The van der Waals surface area contributed by atoms with Crippen LogP contribution in [-0.4, -0.2) is 47.0 Å². The number of nitrogens with zero attached hydrogens (tertiary/aromatic N) is 2. The Kier molecular flexibility index (Phi) is 4.83. The molecule has 1 aliphatic heterocycles. The van der Waals surface area contributed by atoms with Crippen LogP contribution in [0.1, 0.15) is 10.4 Å². The molecule has 5 nitrogen and oxygen atoms in total. The number of nitrogens with one attached hydrogen (secondary N) is 2. The Morgan fingerprint density at radius 2 is 2.00 bits per heavy atom. The van der Waals surface area contributed by atoms with E-state index in [1.807, 2.05) is 41.4 Å². The van der Waals surface area contributed by atoms with Crippen LogP contribution in [-0.2, 0) is 0 Å². The van der Waals surface area contributed by atoms with Crippen LogP contribution in [0.15, 0.2) is 42.7 Å². The van der Waals surface area contributed by atoms with Gasteiger partial charge in [-0.05, 0) is 23.8 Å². The lowest BCUT2D eigenvalue weighted by atomic mass is 10.0. The largest absolute Gasteiger partial charge is 0.346 e. The molecule has 1 saturated heterocycles. The van der Waals surface area contributed by atoms with Gasteiger partial charge in [-0.15, -0.1) is 12.4 Å². The molecule has 3 heterocycles. The summed E-state index contributed by atoms with van der Waals surface area (Å²) in [5.74, 6) is 0.0931. The van der Waals surface area contributed by atoms with Gasteiger partial charge in [0.25, 0.3) is 5.91 Å². The van der Waals surface area contributed by atoms with Gasteiger partial charge < -0.3 is 15.2 Å². The van der Waals surface area contributed by atoms with Crippen molar-refractivity contribution in [1.29, 1.82) is 0 Å². The molecular weight excluding hydrogens is 324 g/mol. The highest BCUT2D eigenvalue weighted by Gasteiger charge is 2.18. The number of hydrogen-bond donors (Lipinski definition) is 2. The summed E-state index contributed by atoms with van der Waals surface area (Å²) >= 11 is 0. The Hall–Kier alpha value is -2.37. The zero-order valence-electron chi connectivity index (χ0n) is 13.1. The molecule has 0 unspecified atom stereocenters. The summed E-state index contributed by atoms with van der Waals surface area (Å²) in [6.07, 6.45) is 3.58. The molecule has 0 saturated carbocycles. The SMILES string of the molecule is Cl.O=C(c1cccc(-c2cnc3[nH]c[c]c3c2)c1)N1CCNCC1. The summed E-state index contributed by atoms with van der Waals surface area (Å²) in [7, 11) is 0. The van der Waals surface area contributed by atoms with Gasteiger partial charge in [-0.3, -0.25) is 4.79 Å². The Bertz CT molecular complexity index is 855. The lowest BCUT2D eigenvalue weighted by Gasteiger charge is -2.27. The van der Waals surface area contributed by atoms with Crippen LogP contribution >= 0.6 is 12.4 Å². The van der Waals surface area contributed by atoms with E-state index < -0.39 is 0 Å². The molecule has 1 aliphatic rings. The molecule has 24 heavy (non-hydrogen) atoms. The highest BCUT2D eigenvalue weighted by molar-refractivity contribution is 5.95. The van der Waals surface area contributed by atoms with Crippen molar-refractivity contribution in [3.8, 4) is 11.1 Å². The van der Waals surface area contributed by atoms with Gasteiger partial charge in [-0.2, -0.15) is 0 Å². The first-order valence-corrected chi connectivity index (χ1v) is 7.76. The number of pyridine rings is 1. The predicted octanol–water partition coefficient (Wildman–Crippen LogP) is 2.50. The van der Waals surface area contributed by atoms with Crippen LogP contribution in [0.25, 0.3) is 22.2 Å². The van der Waals surface area contributed by atoms with Crippen molar-refractivity contribution in [2.24, 2.45) is 0 Å². The zero-order valence-corrected chi connectivity index (χ0v) is 13.9. The van der Waals surface area contributed by atoms with Crippen molar-refractivity contribution in [1.82, 2.24) is 20.2 Å². The minimum atomic E-state index is 0. The second kappa shape index (κ2) is 7.03. The van der Waals surface area contributed by atoms with Gasteiger partial charge in [0.2, 0.25) is 0 Å². The van der Waals surface area contributed by atoms with Crippen LogP contribution in [0.2, 0.25) is 0 Å². The number of benzene rings is 1. The van der Waals surface area contributed by atoms with Gasteiger partial charge in [0.05, 0.1) is 0 Å². The lowest BCUT2D eigenvalue weighted by Crippen LogP contribution is -2.46. The number of piperazine rings is 1. The third kappa shape index (κ3) is 3.13. The molecule has 1 fully saturated rings. The molecule has 0 aliphatic carbocycles. The molecule has 2 N–H and O–H groups in total. The normalized spacial score (nSPS) is 14.4. The molecule has 3 aromatic rings. The van der Waals surface area contributed by atoms with Crippen molar-refractivity contribution in [2.45, 2.75) is 0 Å². The number of carbonyl (C=O) groups excluding carboxylic acids is 1. The maximum Gasteiger partial charge on any atom is 0.253 e. The first-order valence-electron chi connectivity index (χ1n) is 7.76. The predicted molar refractivity (Wildman–Crippen MR) is 96.4 cm³/mol. The number of H-pyrrole nitrogens is 1. The first kappa shape index (κ1) is 16.5. The molecule has 1 aromatic carbocycles. The standard InChI is InChI=1S/C18H17N4O.ClH/c23-18(22-8-6-19-7-9-22)15-3-1-2-13(10-15)16-11-14-4-5-20-17(14)21-12-16;/h1-3,5,10-12,19H,6-9H2,(H,20,21);1H. The van der Waals surface area contributed by atoms with Gasteiger partial charge in [0.15, 0.2) is 0 Å². The molecular formula is C18H18ClN4O. The topological polar surface area (TPSA) is 61.0 Å². The van der Waals surface area contributed by atoms with Crippen LogP contribution in [0, 0.1) is 6.07 Å². The summed E-state index contributed by atoms with van der Waals surface area (Å²) in [4.78, 5) is 22.0. The molecule has 1 radical (unpaired) electrons. The molecule has 2 aromatic heterocycles. The quantitative estimate of drug-likeness (QED) is 0.753. The van der Waals surface area contributed by atoms with Gasteiger partial charge >= 0.3 is 0 Å². The Balaban J connectivity index is 0.00000169. The Morgan fingerprint density at radius 3 is 2.83 bits per heavy atom. The van der Waals surface area contributed by atoms with Crippen molar-refractivity contribution in [3.05, 3.63) is 54.4 Å². The Labute approximate surface area is 146 Å². The van der Waals surface area contributed by atoms with Crippen LogP contribution < -0.4 is 5.32 Å².